The Hall–Kier alpha value is -1.13. The summed E-state index contributed by atoms with van der Waals surface area (Å²) in [6.45, 7) is 12.1. The largest absolute Gasteiger partial charge is 0.373 e. The predicted octanol–water partition coefficient (Wildman–Crippen LogP) is 2.72. The van der Waals surface area contributed by atoms with Crippen molar-refractivity contribution in [2.24, 2.45) is 5.92 Å². The molecule has 4 heteroatoms. The highest BCUT2D eigenvalue weighted by Crippen LogP contribution is 2.24. The number of rotatable bonds is 3. The van der Waals surface area contributed by atoms with Gasteiger partial charge in [0.1, 0.15) is 5.82 Å². The lowest BCUT2D eigenvalue weighted by Gasteiger charge is -2.39. The predicted molar refractivity (Wildman–Crippen MR) is 90.4 cm³/mol. The molecule has 2 saturated heterocycles. The van der Waals surface area contributed by atoms with E-state index in [-0.39, 0.29) is 0 Å². The van der Waals surface area contributed by atoms with Crippen molar-refractivity contribution in [3.8, 4) is 0 Å². The summed E-state index contributed by atoms with van der Waals surface area (Å²) in [5.41, 5.74) is 1.11. The molecule has 1 aromatic heterocycles. The summed E-state index contributed by atoms with van der Waals surface area (Å²) < 4.78 is 5.83. The molecule has 0 saturated carbocycles. The minimum absolute atomic E-state index is 0.375. The molecule has 0 N–H and O–H groups in total. The number of piperidine rings is 1. The van der Waals surface area contributed by atoms with Crippen LogP contribution in [0.2, 0.25) is 0 Å². The van der Waals surface area contributed by atoms with Crippen LogP contribution in [0.1, 0.15) is 32.4 Å². The SMILES string of the molecule is Cc1cccc(N2CCC(CN3C[C@H](C)O[C@@H](C)C3)CC2)n1. The summed E-state index contributed by atoms with van der Waals surface area (Å²) in [4.78, 5) is 9.70. The average molecular weight is 303 g/mol. The average Bonchev–Trinajstić information content (AvgIpc) is 2.47. The fraction of sp³-hybridized carbons (Fsp3) is 0.722. The quantitative estimate of drug-likeness (QED) is 0.858. The van der Waals surface area contributed by atoms with E-state index in [4.69, 9.17) is 4.74 Å². The van der Waals surface area contributed by atoms with Gasteiger partial charge in [-0.15, -0.1) is 0 Å². The highest BCUT2D eigenvalue weighted by atomic mass is 16.5. The third-order valence-electron chi connectivity index (χ3n) is 4.82. The second-order valence-corrected chi connectivity index (χ2v) is 7.04. The first kappa shape index (κ1) is 15.8. The topological polar surface area (TPSA) is 28.6 Å². The van der Waals surface area contributed by atoms with Crippen LogP contribution in [0.5, 0.6) is 0 Å². The number of ether oxygens (including phenoxy) is 1. The summed E-state index contributed by atoms with van der Waals surface area (Å²) >= 11 is 0. The maximum Gasteiger partial charge on any atom is 0.128 e. The molecule has 2 aliphatic rings. The molecule has 3 heterocycles. The van der Waals surface area contributed by atoms with Crippen molar-refractivity contribution in [2.75, 3.05) is 37.6 Å². The van der Waals surface area contributed by atoms with Gasteiger partial charge in [0.2, 0.25) is 0 Å². The fourth-order valence-corrected chi connectivity index (χ4v) is 3.85. The Morgan fingerprint density at radius 1 is 1.14 bits per heavy atom. The third-order valence-corrected chi connectivity index (χ3v) is 4.82. The number of aromatic nitrogens is 1. The Balaban J connectivity index is 1.49. The molecule has 0 bridgehead atoms. The highest BCUT2D eigenvalue weighted by Gasteiger charge is 2.26. The lowest BCUT2D eigenvalue weighted by Crippen LogP contribution is -2.48. The molecule has 22 heavy (non-hydrogen) atoms. The summed E-state index contributed by atoms with van der Waals surface area (Å²) in [5.74, 6) is 1.96. The standard InChI is InChI=1S/C18H29N3O/c1-14-5-4-6-18(19-14)21-9-7-17(8-10-21)13-20-11-15(2)22-16(3)12-20/h4-6,15-17H,7-13H2,1-3H3/t15-,16-/m0/s1. The molecule has 0 aromatic carbocycles. The van der Waals surface area contributed by atoms with E-state index in [1.54, 1.807) is 0 Å². The number of anilines is 1. The highest BCUT2D eigenvalue weighted by molar-refractivity contribution is 5.39. The van der Waals surface area contributed by atoms with Crippen LogP contribution in [0.25, 0.3) is 0 Å². The molecule has 0 aliphatic carbocycles. The second kappa shape index (κ2) is 6.97. The van der Waals surface area contributed by atoms with Crippen molar-refractivity contribution >= 4 is 5.82 Å². The normalized spacial score (nSPS) is 28.0. The van der Waals surface area contributed by atoms with Gasteiger partial charge >= 0.3 is 0 Å². The number of hydrogen-bond acceptors (Lipinski definition) is 4. The van der Waals surface area contributed by atoms with Crippen molar-refractivity contribution < 1.29 is 4.74 Å². The molecule has 122 valence electrons. The molecule has 0 unspecified atom stereocenters. The Morgan fingerprint density at radius 2 is 1.82 bits per heavy atom. The summed E-state index contributed by atoms with van der Waals surface area (Å²) in [7, 11) is 0. The molecule has 2 aliphatic heterocycles. The van der Waals surface area contributed by atoms with E-state index < -0.39 is 0 Å². The van der Waals surface area contributed by atoms with E-state index in [0.29, 0.717) is 12.2 Å². The van der Waals surface area contributed by atoms with Crippen LogP contribution in [-0.4, -0.2) is 54.8 Å². The third kappa shape index (κ3) is 3.99. The summed E-state index contributed by atoms with van der Waals surface area (Å²) in [5, 5.41) is 0. The van der Waals surface area contributed by atoms with Crippen LogP contribution in [-0.2, 0) is 4.74 Å². The fourth-order valence-electron chi connectivity index (χ4n) is 3.85. The molecule has 2 fully saturated rings. The molecule has 1 aromatic rings. The molecule has 0 amide bonds. The molecule has 0 spiro atoms. The molecular formula is C18H29N3O. The van der Waals surface area contributed by atoms with Crippen LogP contribution >= 0.6 is 0 Å². The lowest BCUT2D eigenvalue weighted by atomic mass is 9.95. The first-order valence-electron chi connectivity index (χ1n) is 8.66. The minimum Gasteiger partial charge on any atom is -0.373 e. The van der Waals surface area contributed by atoms with E-state index in [2.05, 4.69) is 53.8 Å². The van der Waals surface area contributed by atoms with Crippen molar-refractivity contribution in [3.63, 3.8) is 0 Å². The van der Waals surface area contributed by atoms with Crippen LogP contribution in [0, 0.1) is 12.8 Å². The van der Waals surface area contributed by atoms with Crippen LogP contribution in [0.4, 0.5) is 5.82 Å². The van der Waals surface area contributed by atoms with Gasteiger partial charge in [-0.05, 0) is 51.7 Å². The Kier molecular flexibility index (Phi) is 4.99. The van der Waals surface area contributed by atoms with E-state index in [9.17, 15) is 0 Å². The lowest BCUT2D eigenvalue weighted by molar-refractivity contribution is -0.0720. The number of nitrogens with zero attached hydrogens (tertiary/aromatic N) is 3. The van der Waals surface area contributed by atoms with Gasteiger partial charge < -0.3 is 9.64 Å². The van der Waals surface area contributed by atoms with Gasteiger partial charge in [-0.3, -0.25) is 4.90 Å². The van der Waals surface area contributed by atoms with Crippen molar-refractivity contribution in [2.45, 2.75) is 45.8 Å². The van der Waals surface area contributed by atoms with Gasteiger partial charge in [0, 0.05) is 38.4 Å². The number of hydrogen-bond donors (Lipinski definition) is 0. The van der Waals surface area contributed by atoms with Gasteiger partial charge in [-0.25, -0.2) is 4.98 Å². The number of morpholine rings is 1. The number of aryl methyl sites for hydroxylation is 1. The number of pyridine rings is 1. The van der Waals surface area contributed by atoms with Crippen LogP contribution in [0.3, 0.4) is 0 Å². The van der Waals surface area contributed by atoms with Gasteiger partial charge in [-0.1, -0.05) is 6.07 Å². The van der Waals surface area contributed by atoms with Crippen LogP contribution in [0.15, 0.2) is 18.2 Å². The maximum atomic E-state index is 5.83. The molecule has 3 rings (SSSR count). The zero-order chi connectivity index (χ0) is 15.5. The molecule has 0 radical (unpaired) electrons. The zero-order valence-electron chi connectivity index (χ0n) is 14.2. The van der Waals surface area contributed by atoms with Crippen molar-refractivity contribution in [1.82, 2.24) is 9.88 Å². The zero-order valence-corrected chi connectivity index (χ0v) is 14.2. The maximum absolute atomic E-state index is 5.83. The second-order valence-electron chi connectivity index (χ2n) is 7.04. The van der Waals surface area contributed by atoms with E-state index >= 15 is 0 Å². The Morgan fingerprint density at radius 3 is 2.45 bits per heavy atom. The summed E-state index contributed by atoms with van der Waals surface area (Å²) in [6, 6.07) is 6.32. The molecular weight excluding hydrogens is 274 g/mol. The monoisotopic (exact) mass is 303 g/mol. The van der Waals surface area contributed by atoms with Crippen molar-refractivity contribution in [3.05, 3.63) is 23.9 Å². The first-order valence-corrected chi connectivity index (χ1v) is 8.66. The van der Waals surface area contributed by atoms with E-state index in [1.165, 1.54) is 19.4 Å². The Labute approximate surface area is 134 Å². The van der Waals surface area contributed by atoms with Gasteiger partial charge in [0.25, 0.3) is 0 Å². The van der Waals surface area contributed by atoms with Crippen molar-refractivity contribution in [1.29, 1.82) is 0 Å². The van der Waals surface area contributed by atoms with E-state index in [1.807, 2.05) is 0 Å². The summed E-state index contributed by atoms with van der Waals surface area (Å²) in [6.07, 6.45) is 3.30. The van der Waals surface area contributed by atoms with E-state index in [0.717, 1.165) is 43.6 Å². The molecule has 2 atom stereocenters. The van der Waals surface area contributed by atoms with Gasteiger partial charge in [-0.2, -0.15) is 0 Å². The van der Waals surface area contributed by atoms with Gasteiger partial charge in [0.05, 0.1) is 12.2 Å². The molecule has 4 nitrogen and oxygen atoms in total. The first-order chi connectivity index (χ1) is 10.6. The van der Waals surface area contributed by atoms with Crippen LogP contribution < -0.4 is 4.90 Å². The minimum atomic E-state index is 0.375. The smallest absolute Gasteiger partial charge is 0.128 e. The Bertz CT molecular complexity index is 475. The van der Waals surface area contributed by atoms with Gasteiger partial charge in [0.15, 0.2) is 0 Å².